The number of pyridine rings is 1. The molecule has 0 aliphatic carbocycles. The highest BCUT2D eigenvalue weighted by molar-refractivity contribution is 5.89. The molecule has 0 bridgehead atoms. The Morgan fingerprint density at radius 2 is 2.33 bits per heavy atom. The molecule has 1 atom stereocenters. The molecule has 18 heavy (non-hydrogen) atoms. The second-order valence-corrected chi connectivity index (χ2v) is 4.07. The van der Waals surface area contributed by atoms with Gasteiger partial charge in [0, 0.05) is 13.1 Å². The maximum atomic E-state index is 11.6. The summed E-state index contributed by atoms with van der Waals surface area (Å²) in [4.78, 5) is 28.2. The maximum absolute atomic E-state index is 11.6. The Balaban J connectivity index is 2.40. The van der Waals surface area contributed by atoms with Crippen molar-refractivity contribution < 1.29 is 14.7 Å². The van der Waals surface area contributed by atoms with Gasteiger partial charge in [-0.1, -0.05) is 0 Å². The summed E-state index contributed by atoms with van der Waals surface area (Å²) < 4.78 is 0. The van der Waals surface area contributed by atoms with Gasteiger partial charge >= 0.3 is 5.97 Å². The van der Waals surface area contributed by atoms with Gasteiger partial charge < -0.3 is 21.1 Å². The van der Waals surface area contributed by atoms with Crippen LogP contribution in [0.25, 0.3) is 0 Å². The Bertz CT molecular complexity index is 503. The number of nitrogens with zero attached hydrogens (tertiary/aromatic N) is 2. The Morgan fingerprint density at radius 1 is 1.61 bits per heavy atom. The second-order valence-electron chi connectivity index (χ2n) is 4.07. The van der Waals surface area contributed by atoms with E-state index in [1.165, 1.54) is 12.1 Å². The SMILES string of the molecule is CC1C(=O)NCCN1c1nc(C(=O)O)ccc1N. The number of hydrogen-bond donors (Lipinski definition) is 3. The fraction of sp³-hybridized carbons (Fsp3) is 0.364. The van der Waals surface area contributed by atoms with E-state index in [2.05, 4.69) is 10.3 Å². The van der Waals surface area contributed by atoms with Gasteiger partial charge in [-0.25, -0.2) is 9.78 Å². The van der Waals surface area contributed by atoms with Crippen LogP contribution in [0.4, 0.5) is 11.5 Å². The first-order valence-electron chi connectivity index (χ1n) is 5.55. The molecule has 1 unspecified atom stereocenters. The molecule has 1 aromatic rings. The van der Waals surface area contributed by atoms with Crippen molar-refractivity contribution in [2.75, 3.05) is 23.7 Å². The number of rotatable bonds is 2. The molecule has 0 radical (unpaired) electrons. The third-order valence-electron chi connectivity index (χ3n) is 2.90. The highest BCUT2D eigenvalue weighted by atomic mass is 16.4. The van der Waals surface area contributed by atoms with Crippen LogP contribution in [0.3, 0.4) is 0 Å². The van der Waals surface area contributed by atoms with Crippen molar-refractivity contribution in [2.24, 2.45) is 0 Å². The van der Waals surface area contributed by atoms with Gasteiger partial charge in [0.25, 0.3) is 0 Å². The van der Waals surface area contributed by atoms with E-state index >= 15 is 0 Å². The topological polar surface area (TPSA) is 109 Å². The zero-order valence-corrected chi connectivity index (χ0v) is 9.88. The average Bonchev–Trinajstić information content (AvgIpc) is 2.33. The molecular weight excluding hydrogens is 236 g/mol. The first-order valence-corrected chi connectivity index (χ1v) is 5.55. The summed E-state index contributed by atoms with van der Waals surface area (Å²) in [6, 6.07) is 2.42. The summed E-state index contributed by atoms with van der Waals surface area (Å²) in [5.41, 5.74) is 6.08. The second kappa shape index (κ2) is 4.52. The van der Waals surface area contributed by atoms with Crippen molar-refractivity contribution >= 4 is 23.4 Å². The third-order valence-corrected chi connectivity index (χ3v) is 2.90. The van der Waals surface area contributed by atoms with Crippen LogP contribution in [-0.4, -0.2) is 41.1 Å². The van der Waals surface area contributed by atoms with Crippen molar-refractivity contribution in [3.8, 4) is 0 Å². The molecule has 0 aromatic carbocycles. The van der Waals surface area contributed by atoms with Crippen LogP contribution in [-0.2, 0) is 4.79 Å². The highest BCUT2D eigenvalue weighted by Gasteiger charge is 2.28. The summed E-state index contributed by atoms with van der Waals surface area (Å²) in [6.07, 6.45) is 0. The van der Waals surface area contributed by atoms with Crippen LogP contribution in [0.15, 0.2) is 12.1 Å². The van der Waals surface area contributed by atoms with Crippen LogP contribution in [0.1, 0.15) is 17.4 Å². The van der Waals surface area contributed by atoms with Crippen LogP contribution in [0.5, 0.6) is 0 Å². The van der Waals surface area contributed by atoms with Gasteiger partial charge in [-0.2, -0.15) is 0 Å². The number of nitrogen functional groups attached to an aromatic ring is 1. The number of amides is 1. The summed E-state index contributed by atoms with van der Waals surface area (Å²) in [5.74, 6) is -0.897. The molecule has 1 fully saturated rings. The number of piperazine rings is 1. The van der Waals surface area contributed by atoms with E-state index < -0.39 is 12.0 Å². The van der Waals surface area contributed by atoms with Crippen molar-refractivity contribution in [1.29, 1.82) is 0 Å². The Labute approximate surface area is 104 Å². The zero-order chi connectivity index (χ0) is 13.3. The number of hydrogen-bond acceptors (Lipinski definition) is 5. The minimum absolute atomic E-state index is 0.0858. The van der Waals surface area contributed by atoms with Gasteiger partial charge in [0.1, 0.15) is 6.04 Å². The van der Waals surface area contributed by atoms with Gasteiger partial charge in [0.2, 0.25) is 5.91 Å². The molecule has 1 aliphatic heterocycles. The van der Waals surface area contributed by atoms with Crippen molar-refractivity contribution in [3.05, 3.63) is 17.8 Å². The Hall–Kier alpha value is -2.31. The van der Waals surface area contributed by atoms with E-state index in [0.717, 1.165) is 0 Å². The Kier molecular flexibility index (Phi) is 3.05. The van der Waals surface area contributed by atoms with Gasteiger partial charge in [-0.15, -0.1) is 0 Å². The lowest BCUT2D eigenvalue weighted by atomic mass is 10.2. The molecule has 7 nitrogen and oxygen atoms in total. The van der Waals surface area contributed by atoms with Crippen molar-refractivity contribution in [1.82, 2.24) is 10.3 Å². The molecule has 1 amide bonds. The molecule has 96 valence electrons. The Morgan fingerprint density at radius 3 is 3.00 bits per heavy atom. The molecule has 0 saturated carbocycles. The van der Waals surface area contributed by atoms with Gasteiger partial charge in [-0.05, 0) is 19.1 Å². The molecule has 2 rings (SSSR count). The van der Waals surface area contributed by atoms with Gasteiger partial charge in [0.05, 0.1) is 5.69 Å². The van der Waals surface area contributed by atoms with Crippen LogP contribution in [0.2, 0.25) is 0 Å². The number of nitrogens with one attached hydrogen (secondary N) is 1. The normalized spacial score (nSPS) is 19.5. The van der Waals surface area contributed by atoms with E-state index in [0.29, 0.717) is 24.6 Å². The highest BCUT2D eigenvalue weighted by Crippen LogP contribution is 2.23. The number of nitrogens with two attached hydrogens (primary N) is 1. The molecule has 0 spiro atoms. The number of carboxylic acids is 1. The minimum atomic E-state index is -1.12. The quantitative estimate of drug-likeness (QED) is 0.664. The van der Waals surface area contributed by atoms with E-state index in [9.17, 15) is 9.59 Å². The fourth-order valence-corrected chi connectivity index (χ4v) is 1.88. The van der Waals surface area contributed by atoms with Gasteiger partial charge in [-0.3, -0.25) is 4.79 Å². The molecule has 1 aliphatic rings. The van der Waals surface area contributed by atoms with Crippen LogP contribution in [0, 0.1) is 0 Å². The van der Waals surface area contributed by atoms with Crippen LogP contribution < -0.4 is 16.0 Å². The lowest BCUT2D eigenvalue weighted by Crippen LogP contribution is -2.54. The number of carboxylic acid groups (broad SMARTS) is 1. The maximum Gasteiger partial charge on any atom is 0.354 e. The molecule has 1 aromatic heterocycles. The van der Waals surface area contributed by atoms with Gasteiger partial charge in [0.15, 0.2) is 11.5 Å². The number of carbonyl (C=O) groups excluding carboxylic acids is 1. The summed E-state index contributed by atoms with van der Waals surface area (Å²) in [6.45, 7) is 2.76. The van der Waals surface area contributed by atoms with Crippen LogP contribution >= 0.6 is 0 Å². The zero-order valence-electron chi connectivity index (χ0n) is 9.88. The number of aromatic carboxylic acids is 1. The summed E-state index contributed by atoms with van der Waals surface area (Å²) >= 11 is 0. The van der Waals surface area contributed by atoms with E-state index in [1.807, 2.05) is 0 Å². The lowest BCUT2D eigenvalue weighted by molar-refractivity contribution is -0.122. The van der Waals surface area contributed by atoms with Crippen molar-refractivity contribution in [2.45, 2.75) is 13.0 Å². The lowest BCUT2D eigenvalue weighted by Gasteiger charge is -2.34. The monoisotopic (exact) mass is 250 g/mol. The third kappa shape index (κ3) is 2.06. The average molecular weight is 250 g/mol. The minimum Gasteiger partial charge on any atom is -0.477 e. The number of anilines is 2. The summed E-state index contributed by atoms with van der Waals surface area (Å²) in [7, 11) is 0. The summed E-state index contributed by atoms with van der Waals surface area (Å²) in [5, 5.41) is 11.6. The molecule has 2 heterocycles. The van der Waals surface area contributed by atoms with Crippen molar-refractivity contribution in [3.63, 3.8) is 0 Å². The predicted molar refractivity (Wildman–Crippen MR) is 65.4 cm³/mol. The predicted octanol–water partition coefficient (Wildman–Crippen LogP) is -0.313. The standard InChI is InChI=1S/C11H14N4O3/c1-6-10(16)13-4-5-15(6)9-7(12)2-3-8(14-9)11(17)18/h2-3,6H,4-5,12H2,1H3,(H,13,16)(H,17,18). The molecule has 7 heteroatoms. The first kappa shape index (κ1) is 12.2. The fourth-order valence-electron chi connectivity index (χ4n) is 1.88. The molecular formula is C11H14N4O3. The number of carbonyl (C=O) groups is 2. The largest absolute Gasteiger partial charge is 0.477 e. The van der Waals surface area contributed by atoms with E-state index in [-0.39, 0.29) is 11.6 Å². The number of aromatic nitrogens is 1. The van der Waals surface area contributed by atoms with E-state index in [4.69, 9.17) is 10.8 Å². The molecule has 1 saturated heterocycles. The smallest absolute Gasteiger partial charge is 0.354 e. The van der Waals surface area contributed by atoms with E-state index in [1.54, 1.807) is 11.8 Å². The molecule has 4 N–H and O–H groups in total. The first-order chi connectivity index (χ1) is 8.50.